The molecular formula is C15H13N5OS. The quantitative estimate of drug-likeness (QED) is 0.789. The minimum absolute atomic E-state index is 0.0132. The smallest absolute Gasteiger partial charge is 0.252 e. The average Bonchev–Trinajstić information content (AvgIpc) is 3.16. The molecule has 0 aliphatic carbocycles. The number of rotatable bonds is 2. The van der Waals surface area contributed by atoms with Gasteiger partial charge >= 0.3 is 0 Å². The second-order valence-corrected chi connectivity index (χ2v) is 5.95. The highest BCUT2D eigenvalue weighted by Gasteiger charge is 2.33. The van der Waals surface area contributed by atoms with Crippen LogP contribution in [0.15, 0.2) is 35.3 Å². The van der Waals surface area contributed by atoms with E-state index < -0.39 is 0 Å². The molecule has 0 spiro atoms. The summed E-state index contributed by atoms with van der Waals surface area (Å²) in [6, 6.07) is 3.81. The number of fused-ring (bicyclic) bond motifs is 1. The number of amides is 1. The predicted octanol–water partition coefficient (Wildman–Crippen LogP) is 2.51. The van der Waals surface area contributed by atoms with Crippen molar-refractivity contribution in [1.82, 2.24) is 19.7 Å². The summed E-state index contributed by atoms with van der Waals surface area (Å²) in [7, 11) is 0. The fourth-order valence-corrected chi connectivity index (χ4v) is 3.56. The fraction of sp³-hybridized carbons (Fsp3) is 0.200. The van der Waals surface area contributed by atoms with E-state index in [1.54, 1.807) is 34.5 Å². The summed E-state index contributed by atoms with van der Waals surface area (Å²) < 4.78 is 1.61. The van der Waals surface area contributed by atoms with Gasteiger partial charge in [0, 0.05) is 30.3 Å². The van der Waals surface area contributed by atoms with Crippen LogP contribution in [0.2, 0.25) is 0 Å². The largest absolute Gasteiger partial charge is 0.310 e. The third-order valence-electron chi connectivity index (χ3n) is 3.79. The predicted molar refractivity (Wildman–Crippen MR) is 83.3 cm³/mol. The lowest BCUT2D eigenvalue weighted by Gasteiger charge is -2.23. The van der Waals surface area contributed by atoms with Crippen LogP contribution in [0.25, 0.3) is 5.95 Å². The summed E-state index contributed by atoms with van der Waals surface area (Å²) in [6.45, 7) is 1.95. The Labute approximate surface area is 130 Å². The summed E-state index contributed by atoms with van der Waals surface area (Å²) >= 11 is 1.63. The summed E-state index contributed by atoms with van der Waals surface area (Å²) in [5.41, 5.74) is 3.09. The molecule has 110 valence electrons. The first-order valence-corrected chi connectivity index (χ1v) is 7.87. The summed E-state index contributed by atoms with van der Waals surface area (Å²) in [4.78, 5) is 20.6. The van der Waals surface area contributed by atoms with E-state index in [0.717, 1.165) is 16.8 Å². The van der Waals surface area contributed by atoms with Crippen molar-refractivity contribution in [1.29, 1.82) is 0 Å². The summed E-state index contributed by atoms with van der Waals surface area (Å²) in [5.74, 6) is 1.16. The highest BCUT2D eigenvalue weighted by molar-refractivity contribution is 7.08. The lowest BCUT2D eigenvalue weighted by molar-refractivity contribution is -0.116. The van der Waals surface area contributed by atoms with Crippen molar-refractivity contribution in [2.24, 2.45) is 0 Å². The number of nitrogens with zero attached hydrogens (tertiary/aromatic N) is 4. The molecule has 1 amide bonds. The molecule has 0 fully saturated rings. The zero-order valence-electron chi connectivity index (χ0n) is 11.9. The number of hydrogen-bond donors (Lipinski definition) is 1. The third-order valence-corrected chi connectivity index (χ3v) is 4.49. The molecule has 3 aromatic rings. The number of thiophene rings is 1. The van der Waals surface area contributed by atoms with E-state index in [2.05, 4.69) is 31.8 Å². The fourth-order valence-electron chi connectivity index (χ4n) is 2.85. The van der Waals surface area contributed by atoms with Gasteiger partial charge in [0.05, 0.1) is 5.69 Å². The molecule has 1 N–H and O–H groups in total. The van der Waals surface area contributed by atoms with Crippen molar-refractivity contribution in [3.63, 3.8) is 0 Å². The molecule has 0 aromatic carbocycles. The first-order valence-electron chi connectivity index (χ1n) is 6.93. The van der Waals surface area contributed by atoms with Crippen molar-refractivity contribution >= 4 is 23.1 Å². The number of anilines is 1. The maximum atomic E-state index is 12.1. The van der Waals surface area contributed by atoms with E-state index >= 15 is 0 Å². The van der Waals surface area contributed by atoms with Crippen molar-refractivity contribution < 1.29 is 4.79 Å². The molecule has 3 aromatic heterocycles. The van der Waals surface area contributed by atoms with Crippen LogP contribution >= 0.6 is 11.3 Å². The zero-order chi connectivity index (χ0) is 15.1. The first-order chi connectivity index (χ1) is 10.7. The number of carbonyl (C=O) groups is 1. The van der Waals surface area contributed by atoms with E-state index in [1.807, 2.05) is 12.3 Å². The molecule has 7 heteroatoms. The van der Waals surface area contributed by atoms with Crippen LogP contribution in [-0.4, -0.2) is 25.7 Å². The number of aromatic nitrogens is 4. The molecule has 1 aliphatic rings. The number of nitrogens with one attached hydrogen (secondary N) is 1. The third kappa shape index (κ3) is 2.01. The molecule has 1 unspecified atom stereocenters. The topological polar surface area (TPSA) is 72.7 Å². The van der Waals surface area contributed by atoms with E-state index in [9.17, 15) is 4.79 Å². The van der Waals surface area contributed by atoms with Crippen LogP contribution in [-0.2, 0) is 4.79 Å². The maximum Gasteiger partial charge on any atom is 0.252 e. The van der Waals surface area contributed by atoms with Gasteiger partial charge in [-0.15, -0.1) is 0 Å². The Morgan fingerprint density at radius 2 is 2.18 bits per heavy atom. The molecule has 1 atom stereocenters. The van der Waals surface area contributed by atoms with Crippen molar-refractivity contribution in [2.75, 3.05) is 5.32 Å². The minimum atomic E-state index is -0.0132. The highest BCUT2D eigenvalue weighted by atomic mass is 32.1. The van der Waals surface area contributed by atoms with Crippen LogP contribution in [0.4, 0.5) is 5.82 Å². The second-order valence-electron chi connectivity index (χ2n) is 5.17. The van der Waals surface area contributed by atoms with E-state index in [1.165, 1.54) is 0 Å². The van der Waals surface area contributed by atoms with Gasteiger partial charge in [0.15, 0.2) is 0 Å². The normalized spacial score (nSPS) is 17.1. The molecule has 0 saturated carbocycles. The van der Waals surface area contributed by atoms with E-state index in [-0.39, 0.29) is 11.8 Å². The van der Waals surface area contributed by atoms with Crippen molar-refractivity contribution in [3.05, 3.63) is 52.1 Å². The maximum absolute atomic E-state index is 12.1. The van der Waals surface area contributed by atoms with Crippen LogP contribution < -0.4 is 5.32 Å². The van der Waals surface area contributed by atoms with Crippen LogP contribution in [0.5, 0.6) is 0 Å². The Balaban J connectivity index is 1.90. The first kappa shape index (κ1) is 13.1. The molecule has 4 rings (SSSR count). The minimum Gasteiger partial charge on any atom is -0.310 e. The molecule has 0 bridgehead atoms. The monoisotopic (exact) mass is 311 g/mol. The van der Waals surface area contributed by atoms with Gasteiger partial charge in [-0.2, -0.15) is 21.1 Å². The van der Waals surface area contributed by atoms with Crippen LogP contribution in [0.3, 0.4) is 0 Å². The second kappa shape index (κ2) is 5.03. The van der Waals surface area contributed by atoms with Gasteiger partial charge in [0.1, 0.15) is 5.82 Å². The Morgan fingerprint density at radius 3 is 2.91 bits per heavy atom. The lowest BCUT2D eigenvalue weighted by Crippen LogP contribution is -2.25. The van der Waals surface area contributed by atoms with Gasteiger partial charge in [-0.25, -0.2) is 9.97 Å². The molecule has 0 radical (unpaired) electrons. The van der Waals surface area contributed by atoms with Crippen molar-refractivity contribution in [2.45, 2.75) is 19.3 Å². The lowest BCUT2D eigenvalue weighted by atomic mass is 9.87. The molecule has 0 saturated heterocycles. The number of hydrogen-bond acceptors (Lipinski definition) is 5. The average molecular weight is 311 g/mol. The molecular weight excluding hydrogens is 298 g/mol. The molecule has 1 aliphatic heterocycles. The van der Waals surface area contributed by atoms with Gasteiger partial charge in [0.2, 0.25) is 5.91 Å². The Morgan fingerprint density at radius 1 is 1.36 bits per heavy atom. The molecule has 22 heavy (non-hydrogen) atoms. The Hall–Kier alpha value is -2.54. The van der Waals surface area contributed by atoms with Gasteiger partial charge in [0.25, 0.3) is 5.95 Å². The zero-order valence-corrected chi connectivity index (χ0v) is 12.7. The van der Waals surface area contributed by atoms with Gasteiger partial charge in [-0.05, 0) is 35.4 Å². The van der Waals surface area contributed by atoms with E-state index in [0.29, 0.717) is 18.2 Å². The highest BCUT2D eigenvalue weighted by Crippen LogP contribution is 2.40. The SMILES string of the molecule is Cc1nn(-c2ncccn2)c2c1C(c1ccsc1)CC(=O)N2. The molecule has 4 heterocycles. The molecule has 6 nitrogen and oxygen atoms in total. The summed E-state index contributed by atoms with van der Waals surface area (Å²) in [6.07, 6.45) is 3.76. The van der Waals surface area contributed by atoms with Gasteiger partial charge < -0.3 is 5.32 Å². The summed E-state index contributed by atoms with van der Waals surface area (Å²) in [5, 5.41) is 11.6. The Kier molecular flexibility index (Phi) is 3.00. The van der Waals surface area contributed by atoms with Crippen LogP contribution in [0.1, 0.15) is 29.2 Å². The standard InChI is InChI=1S/C15H13N5OS/c1-9-13-11(10-3-6-22-8-10)7-12(21)18-14(13)20(19-9)15-16-4-2-5-17-15/h2-6,8,11H,7H2,1H3,(H,18,21). The van der Waals surface area contributed by atoms with Crippen LogP contribution in [0, 0.1) is 6.92 Å². The van der Waals surface area contributed by atoms with Gasteiger partial charge in [-0.3, -0.25) is 4.79 Å². The van der Waals surface area contributed by atoms with E-state index in [4.69, 9.17) is 0 Å². The van der Waals surface area contributed by atoms with Crippen molar-refractivity contribution in [3.8, 4) is 5.95 Å². The van der Waals surface area contributed by atoms with Gasteiger partial charge in [-0.1, -0.05) is 0 Å². The number of carbonyl (C=O) groups excluding carboxylic acids is 1. The Bertz CT molecular complexity index is 825. The number of aryl methyl sites for hydroxylation is 1.